The summed E-state index contributed by atoms with van der Waals surface area (Å²) in [6, 6.07) is 8.02. The van der Waals surface area contributed by atoms with Gasteiger partial charge in [0.05, 0.1) is 13.2 Å². The highest BCUT2D eigenvalue weighted by atomic mass is 16.5. The van der Waals surface area contributed by atoms with E-state index < -0.39 is 0 Å². The van der Waals surface area contributed by atoms with Crippen LogP contribution in [0.3, 0.4) is 0 Å². The number of ether oxygens (including phenoxy) is 3. The Balaban J connectivity index is 2.19. The molecule has 0 aliphatic carbocycles. The number of nitrogens with one attached hydrogen (secondary N) is 1. The third kappa shape index (κ3) is 5.89. The average Bonchev–Trinajstić information content (AvgIpc) is 2.37. The van der Waals surface area contributed by atoms with Gasteiger partial charge in [0.2, 0.25) is 0 Å². The van der Waals surface area contributed by atoms with Crippen LogP contribution in [0.15, 0.2) is 24.3 Å². The maximum atomic E-state index is 5.61. The topological polar surface area (TPSA) is 39.7 Å². The molecule has 0 saturated heterocycles. The molecule has 0 aromatic heterocycles. The lowest BCUT2D eigenvalue weighted by Gasteiger charge is -2.13. The zero-order valence-corrected chi connectivity index (χ0v) is 11.4. The summed E-state index contributed by atoms with van der Waals surface area (Å²) >= 11 is 0. The van der Waals surface area contributed by atoms with E-state index in [0.717, 1.165) is 18.0 Å². The van der Waals surface area contributed by atoms with Gasteiger partial charge in [0.1, 0.15) is 18.1 Å². The second kappa shape index (κ2) is 8.78. The predicted molar refractivity (Wildman–Crippen MR) is 72.4 cm³/mol. The second-order valence-corrected chi connectivity index (χ2v) is 4.06. The summed E-state index contributed by atoms with van der Waals surface area (Å²) in [6.45, 7) is 6.89. The van der Waals surface area contributed by atoms with Gasteiger partial charge in [-0.2, -0.15) is 0 Å². The van der Waals surface area contributed by atoms with Gasteiger partial charge in [0, 0.05) is 19.7 Å². The minimum absolute atomic E-state index is 0.346. The van der Waals surface area contributed by atoms with Gasteiger partial charge in [-0.25, -0.2) is 0 Å². The molecule has 4 heteroatoms. The Morgan fingerprint density at radius 1 is 1.11 bits per heavy atom. The van der Waals surface area contributed by atoms with Crippen molar-refractivity contribution >= 4 is 0 Å². The molecule has 1 unspecified atom stereocenters. The first-order valence-electron chi connectivity index (χ1n) is 6.34. The molecule has 0 bridgehead atoms. The van der Waals surface area contributed by atoms with E-state index in [-0.39, 0.29) is 0 Å². The molecule has 0 spiro atoms. The first-order chi connectivity index (χ1) is 8.76. The van der Waals surface area contributed by atoms with Gasteiger partial charge in [0.15, 0.2) is 0 Å². The number of hydrogen-bond acceptors (Lipinski definition) is 4. The lowest BCUT2D eigenvalue weighted by molar-refractivity contribution is 0.169. The molecular weight excluding hydrogens is 230 g/mol. The van der Waals surface area contributed by atoms with Gasteiger partial charge < -0.3 is 19.5 Å². The van der Waals surface area contributed by atoms with Crippen LogP contribution in [0.25, 0.3) is 0 Å². The lowest BCUT2D eigenvalue weighted by atomic mass is 10.3. The average molecular weight is 253 g/mol. The van der Waals surface area contributed by atoms with Crippen LogP contribution in [0.1, 0.15) is 13.8 Å². The largest absolute Gasteiger partial charge is 0.494 e. The minimum Gasteiger partial charge on any atom is -0.494 e. The minimum atomic E-state index is 0.346. The summed E-state index contributed by atoms with van der Waals surface area (Å²) in [5, 5.41) is 3.31. The molecule has 0 aliphatic rings. The molecule has 1 atom stereocenters. The van der Waals surface area contributed by atoms with E-state index in [1.807, 2.05) is 31.2 Å². The predicted octanol–water partition coefficient (Wildman–Crippen LogP) is 2.09. The summed E-state index contributed by atoms with van der Waals surface area (Å²) in [4.78, 5) is 0. The van der Waals surface area contributed by atoms with Crippen molar-refractivity contribution in [3.8, 4) is 11.5 Å². The molecule has 1 rings (SSSR count). The molecule has 1 aromatic carbocycles. The molecule has 0 saturated carbocycles. The van der Waals surface area contributed by atoms with E-state index in [2.05, 4.69) is 12.2 Å². The Labute approximate surface area is 109 Å². The lowest BCUT2D eigenvalue weighted by Crippen LogP contribution is -2.33. The highest BCUT2D eigenvalue weighted by molar-refractivity contribution is 5.31. The van der Waals surface area contributed by atoms with Gasteiger partial charge in [-0.3, -0.25) is 0 Å². The number of methoxy groups -OCH3 is 1. The third-order valence-electron chi connectivity index (χ3n) is 2.41. The molecule has 0 heterocycles. The van der Waals surface area contributed by atoms with Crippen LogP contribution in [-0.4, -0.2) is 39.5 Å². The molecule has 0 amide bonds. The van der Waals surface area contributed by atoms with E-state index in [0.29, 0.717) is 25.9 Å². The molecular formula is C14H23NO3. The van der Waals surface area contributed by atoms with Crippen molar-refractivity contribution in [2.75, 3.05) is 33.5 Å². The van der Waals surface area contributed by atoms with Crippen LogP contribution >= 0.6 is 0 Å². The van der Waals surface area contributed by atoms with Crippen molar-refractivity contribution in [1.82, 2.24) is 5.32 Å². The molecule has 4 nitrogen and oxygen atoms in total. The molecule has 18 heavy (non-hydrogen) atoms. The fourth-order valence-electron chi connectivity index (χ4n) is 1.58. The highest BCUT2D eigenvalue weighted by Crippen LogP contribution is 2.17. The molecule has 1 N–H and O–H groups in total. The van der Waals surface area contributed by atoms with Crippen molar-refractivity contribution in [2.45, 2.75) is 19.9 Å². The number of rotatable bonds is 9. The third-order valence-corrected chi connectivity index (χ3v) is 2.41. The van der Waals surface area contributed by atoms with E-state index in [1.54, 1.807) is 7.11 Å². The van der Waals surface area contributed by atoms with Gasteiger partial charge in [-0.05, 0) is 38.1 Å². The highest BCUT2D eigenvalue weighted by Gasteiger charge is 2.00. The van der Waals surface area contributed by atoms with E-state index in [1.165, 1.54) is 0 Å². The van der Waals surface area contributed by atoms with Crippen LogP contribution in [0.2, 0.25) is 0 Å². The van der Waals surface area contributed by atoms with Crippen LogP contribution in [0, 0.1) is 0 Å². The molecule has 0 aliphatic heterocycles. The fraction of sp³-hybridized carbons (Fsp3) is 0.571. The standard InChI is InChI=1S/C14H23NO3/c1-4-17-13-5-7-14(8-6-13)18-10-9-15-12(2)11-16-3/h5-8,12,15H,4,9-11H2,1-3H3. The van der Waals surface area contributed by atoms with Crippen LogP contribution in [0.4, 0.5) is 0 Å². The van der Waals surface area contributed by atoms with Crippen molar-refractivity contribution in [3.63, 3.8) is 0 Å². The van der Waals surface area contributed by atoms with Crippen molar-refractivity contribution in [2.24, 2.45) is 0 Å². The molecule has 0 radical (unpaired) electrons. The van der Waals surface area contributed by atoms with E-state index >= 15 is 0 Å². The maximum absolute atomic E-state index is 5.61. The molecule has 0 fully saturated rings. The summed E-state index contributed by atoms with van der Waals surface area (Å²) in [7, 11) is 1.70. The monoisotopic (exact) mass is 253 g/mol. The van der Waals surface area contributed by atoms with Crippen LogP contribution < -0.4 is 14.8 Å². The SMILES string of the molecule is CCOc1ccc(OCCNC(C)COC)cc1. The van der Waals surface area contributed by atoms with Gasteiger partial charge in [0.25, 0.3) is 0 Å². The number of hydrogen-bond donors (Lipinski definition) is 1. The zero-order valence-electron chi connectivity index (χ0n) is 11.4. The Hall–Kier alpha value is -1.26. The Morgan fingerprint density at radius 2 is 1.72 bits per heavy atom. The van der Waals surface area contributed by atoms with E-state index in [9.17, 15) is 0 Å². The van der Waals surface area contributed by atoms with Crippen LogP contribution in [-0.2, 0) is 4.74 Å². The summed E-state index contributed by atoms with van der Waals surface area (Å²) < 4.78 is 16.0. The first-order valence-corrected chi connectivity index (χ1v) is 6.34. The molecule has 102 valence electrons. The second-order valence-electron chi connectivity index (χ2n) is 4.06. The summed E-state index contributed by atoms with van der Waals surface area (Å²) in [6.07, 6.45) is 0. The smallest absolute Gasteiger partial charge is 0.119 e. The Morgan fingerprint density at radius 3 is 2.28 bits per heavy atom. The van der Waals surface area contributed by atoms with Gasteiger partial charge in [-0.15, -0.1) is 0 Å². The summed E-state index contributed by atoms with van der Waals surface area (Å²) in [5.41, 5.74) is 0. The Kier molecular flexibility index (Phi) is 7.22. The van der Waals surface area contributed by atoms with Gasteiger partial charge in [-0.1, -0.05) is 0 Å². The fourth-order valence-corrected chi connectivity index (χ4v) is 1.58. The zero-order chi connectivity index (χ0) is 13.2. The van der Waals surface area contributed by atoms with Gasteiger partial charge >= 0.3 is 0 Å². The quantitative estimate of drug-likeness (QED) is 0.684. The van der Waals surface area contributed by atoms with Crippen molar-refractivity contribution in [3.05, 3.63) is 24.3 Å². The molecule has 1 aromatic rings. The summed E-state index contributed by atoms with van der Waals surface area (Å²) in [5.74, 6) is 1.73. The van der Waals surface area contributed by atoms with Crippen molar-refractivity contribution < 1.29 is 14.2 Å². The van der Waals surface area contributed by atoms with Crippen LogP contribution in [0.5, 0.6) is 11.5 Å². The maximum Gasteiger partial charge on any atom is 0.119 e. The Bertz CT molecular complexity index is 313. The number of benzene rings is 1. The normalized spacial score (nSPS) is 12.2. The first kappa shape index (κ1) is 14.8. The van der Waals surface area contributed by atoms with Crippen molar-refractivity contribution in [1.29, 1.82) is 0 Å². The van der Waals surface area contributed by atoms with E-state index in [4.69, 9.17) is 14.2 Å².